The zero-order valence-corrected chi connectivity index (χ0v) is 17.1. The number of nitrogens with zero attached hydrogens (tertiary/aromatic N) is 2. The van der Waals surface area contributed by atoms with Crippen LogP contribution in [-0.4, -0.2) is 23.1 Å². The Morgan fingerprint density at radius 1 is 1.13 bits per heavy atom. The van der Waals surface area contributed by atoms with Crippen molar-refractivity contribution in [2.24, 2.45) is 0 Å². The Bertz CT molecular complexity index is 998. The zero-order valence-electron chi connectivity index (χ0n) is 16.3. The topological polar surface area (TPSA) is 59.1 Å². The minimum Gasteiger partial charge on any atom is -0.490 e. The molecule has 1 saturated carbocycles. The van der Waals surface area contributed by atoms with Crippen molar-refractivity contribution in [1.82, 2.24) is 9.97 Å². The lowest BCUT2D eigenvalue weighted by Gasteiger charge is -2.19. The highest BCUT2D eigenvalue weighted by Gasteiger charge is 2.35. The number of nitrogens with one attached hydrogen (secondary N) is 2. The van der Waals surface area contributed by atoms with Gasteiger partial charge in [0.1, 0.15) is 11.6 Å². The van der Waals surface area contributed by atoms with E-state index in [0.717, 1.165) is 43.1 Å². The fourth-order valence-electron chi connectivity index (χ4n) is 3.40. The van der Waals surface area contributed by atoms with Gasteiger partial charge in [0.2, 0.25) is 0 Å². The Morgan fingerprint density at radius 2 is 1.93 bits per heavy atom. The van der Waals surface area contributed by atoms with E-state index in [1.165, 1.54) is 17.4 Å². The fourth-order valence-corrected chi connectivity index (χ4v) is 4.14. The molecule has 0 unspecified atom stereocenters. The van der Waals surface area contributed by atoms with E-state index in [-0.39, 0.29) is 11.9 Å². The van der Waals surface area contributed by atoms with Crippen molar-refractivity contribution in [1.29, 1.82) is 0 Å². The first-order valence-electron chi connectivity index (χ1n) is 9.67. The van der Waals surface area contributed by atoms with Gasteiger partial charge in [0.05, 0.1) is 17.4 Å². The van der Waals surface area contributed by atoms with E-state index < -0.39 is 11.7 Å². The molecule has 3 aromatic rings. The Balaban J connectivity index is 1.53. The normalized spacial score (nSPS) is 14.7. The predicted octanol–water partition coefficient (Wildman–Crippen LogP) is 6.33. The van der Waals surface area contributed by atoms with Gasteiger partial charge in [-0.3, -0.25) is 0 Å². The molecule has 1 fully saturated rings. The highest BCUT2D eigenvalue weighted by molar-refractivity contribution is 7.14. The van der Waals surface area contributed by atoms with Gasteiger partial charge in [-0.2, -0.15) is 13.2 Å². The van der Waals surface area contributed by atoms with Gasteiger partial charge >= 0.3 is 6.18 Å². The van der Waals surface area contributed by atoms with Crippen LogP contribution in [0.5, 0.6) is 5.75 Å². The van der Waals surface area contributed by atoms with Crippen molar-refractivity contribution < 1.29 is 17.9 Å². The van der Waals surface area contributed by atoms with Crippen LogP contribution in [0.1, 0.15) is 31.2 Å². The van der Waals surface area contributed by atoms with Crippen LogP contribution in [0.25, 0.3) is 11.3 Å². The van der Waals surface area contributed by atoms with Crippen LogP contribution >= 0.6 is 11.3 Å². The molecule has 4 rings (SSSR count). The quantitative estimate of drug-likeness (QED) is 0.475. The summed E-state index contributed by atoms with van der Waals surface area (Å²) in [6, 6.07) is 7.77. The highest BCUT2D eigenvalue weighted by Crippen LogP contribution is 2.40. The van der Waals surface area contributed by atoms with Crippen LogP contribution in [0.15, 0.2) is 41.9 Å². The summed E-state index contributed by atoms with van der Waals surface area (Å²) in [5.41, 5.74) is 1.07. The van der Waals surface area contributed by atoms with Gasteiger partial charge in [0.25, 0.3) is 0 Å². The third-order valence-corrected chi connectivity index (χ3v) is 5.71. The SMILES string of the molecule is CNc1ccc(-c2csc(Nc3ccc(OC4CCCC4)c(C(F)(F)F)c3)n2)cn1. The van der Waals surface area contributed by atoms with E-state index >= 15 is 0 Å². The fraction of sp³-hybridized carbons (Fsp3) is 0.333. The van der Waals surface area contributed by atoms with Gasteiger partial charge in [-0.05, 0) is 56.0 Å². The molecule has 0 spiro atoms. The second-order valence-corrected chi connectivity index (χ2v) is 7.94. The number of ether oxygens (including phenoxy) is 1. The molecule has 1 aromatic carbocycles. The Labute approximate surface area is 176 Å². The van der Waals surface area contributed by atoms with Crippen molar-refractivity contribution in [3.8, 4) is 17.0 Å². The van der Waals surface area contributed by atoms with Gasteiger partial charge in [-0.25, -0.2) is 9.97 Å². The summed E-state index contributed by atoms with van der Waals surface area (Å²) < 4.78 is 46.4. The number of hydrogen-bond donors (Lipinski definition) is 2. The molecule has 2 aromatic heterocycles. The Morgan fingerprint density at radius 3 is 2.60 bits per heavy atom. The van der Waals surface area contributed by atoms with Crippen molar-refractivity contribution >= 4 is 28.0 Å². The Kier molecular flexibility index (Phi) is 5.80. The molecule has 0 aliphatic heterocycles. The Hall–Kier alpha value is -2.81. The summed E-state index contributed by atoms with van der Waals surface area (Å²) in [5, 5.41) is 8.25. The van der Waals surface area contributed by atoms with Gasteiger partial charge in [-0.15, -0.1) is 11.3 Å². The third kappa shape index (κ3) is 4.67. The van der Waals surface area contributed by atoms with E-state index in [9.17, 15) is 13.2 Å². The first-order chi connectivity index (χ1) is 14.4. The summed E-state index contributed by atoms with van der Waals surface area (Å²) in [7, 11) is 1.78. The number of aromatic nitrogens is 2. The maximum Gasteiger partial charge on any atom is 0.420 e. The summed E-state index contributed by atoms with van der Waals surface area (Å²) >= 11 is 1.31. The standard InChI is InChI=1S/C21H21F3N4OS/c1-25-19-9-6-13(11-26-19)17-12-30-20(28-17)27-14-7-8-18(16(10-14)21(22,23)24)29-15-4-2-3-5-15/h6-12,15H,2-5H2,1H3,(H,25,26)(H,27,28). The van der Waals surface area contributed by atoms with Crippen LogP contribution < -0.4 is 15.4 Å². The average Bonchev–Trinajstić information content (AvgIpc) is 3.41. The smallest absolute Gasteiger partial charge is 0.420 e. The molecule has 2 heterocycles. The number of rotatable bonds is 6. The maximum absolute atomic E-state index is 13.6. The highest BCUT2D eigenvalue weighted by atomic mass is 32.1. The summed E-state index contributed by atoms with van der Waals surface area (Å²) in [5.74, 6) is 0.627. The minimum absolute atomic E-state index is 0.115. The lowest BCUT2D eigenvalue weighted by atomic mass is 10.1. The summed E-state index contributed by atoms with van der Waals surface area (Å²) in [4.78, 5) is 8.71. The zero-order chi connectivity index (χ0) is 21.1. The number of anilines is 3. The monoisotopic (exact) mass is 434 g/mol. The number of pyridine rings is 1. The first-order valence-corrected chi connectivity index (χ1v) is 10.5. The van der Waals surface area contributed by atoms with Crippen LogP contribution in [-0.2, 0) is 6.18 Å². The third-order valence-electron chi connectivity index (χ3n) is 4.95. The average molecular weight is 434 g/mol. The molecule has 5 nitrogen and oxygen atoms in total. The maximum atomic E-state index is 13.6. The molecule has 0 saturated heterocycles. The van der Waals surface area contributed by atoms with Crippen molar-refractivity contribution in [3.05, 3.63) is 47.5 Å². The van der Waals surface area contributed by atoms with Crippen LogP contribution in [0.2, 0.25) is 0 Å². The van der Waals surface area contributed by atoms with E-state index in [2.05, 4.69) is 20.6 Å². The molecule has 0 amide bonds. The number of hydrogen-bond acceptors (Lipinski definition) is 6. The van der Waals surface area contributed by atoms with E-state index in [4.69, 9.17) is 4.74 Å². The molecule has 1 aliphatic carbocycles. The van der Waals surface area contributed by atoms with Crippen LogP contribution in [0.3, 0.4) is 0 Å². The summed E-state index contributed by atoms with van der Waals surface area (Å²) in [6.07, 6.45) is 0.625. The lowest BCUT2D eigenvalue weighted by molar-refractivity contribution is -0.139. The van der Waals surface area contributed by atoms with Crippen molar-refractivity contribution in [2.75, 3.05) is 17.7 Å². The second kappa shape index (κ2) is 8.51. The van der Waals surface area contributed by atoms with E-state index in [1.54, 1.807) is 19.3 Å². The lowest BCUT2D eigenvalue weighted by Crippen LogP contribution is -2.15. The number of benzene rings is 1. The molecule has 2 N–H and O–H groups in total. The second-order valence-electron chi connectivity index (χ2n) is 7.08. The van der Waals surface area contributed by atoms with E-state index in [0.29, 0.717) is 16.5 Å². The number of alkyl halides is 3. The largest absolute Gasteiger partial charge is 0.490 e. The molecule has 9 heteroatoms. The van der Waals surface area contributed by atoms with Crippen LogP contribution in [0.4, 0.5) is 29.8 Å². The first kappa shape index (κ1) is 20.5. The molecule has 0 bridgehead atoms. The molecule has 30 heavy (non-hydrogen) atoms. The molecule has 0 radical (unpaired) electrons. The molecular formula is C21H21F3N4OS. The minimum atomic E-state index is -4.50. The van der Waals surface area contributed by atoms with Gasteiger partial charge < -0.3 is 15.4 Å². The number of halogens is 3. The summed E-state index contributed by atoms with van der Waals surface area (Å²) in [6.45, 7) is 0. The molecule has 158 valence electrons. The van der Waals surface area contributed by atoms with Crippen LogP contribution in [0, 0.1) is 0 Å². The van der Waals surface area contributed by atoms with E-state index in [1.807, 2.05) is 17.5 Å². The van der Waals surface area contributed by atoms with Gasteiger partial charge in [-0.1, -0.05) is 0 Å². The molecule has 1 aliphatic rings. The predicted molar refractivity (Wildman–Crippen MR) is 113 cm³/mol. The van der Waals surface area contributed by atoms with Crippen molar-refractivity contribution in [2.45, 2.75) is 38.0 Å². The van der Waals surface area contributed by atoms with Crippen molar-refractivity contribution in [3.63, 3.8) is 0 Å². The van der Waals surface area contributed by atoms with Gasteiger partial charge in [0.15, 0.2) is 5.13 Å². The number of thiazole rings is 1. The molecular weight excluding hydrogens is 413 g/mol. The van der Waals surface area contributed by atoms with Gasteiger partial charge in [0, 0.05) is 29.9 Å². The molecule has 0 atom stereocenters.